The van der Waals surface area contributed by atoms with Crippen LogP contribution in [0.4, 0.5) is 5.82 Å². The first kappa shape index (κ1) is 15.8. The molecule has 0 spiro atoms. The summed E-state index contributed by atoms with van der Waals surface area (Å²) in [4.78, 5) is 11.8. The smallest absolute Gasteiger partial charge is 0.225 e. The molecule has 1 heterocycles. The van der Waals surface area contributed by atoms with Crippen LogP contribution in [0.25, 0.3) is 0 Å². The summed E-state index contributed by atoms with van der Waals surface area (Å²) in [5.74, 6) is 1.50. The van der Waals surface area contributed by atoms with Gasteiger partial charge in [-0.1, -0.05) is 0 Å². The summed E-state index contributed by atoms with van der Waals surface area (Å²) in [7, 11) is 3.08. The molecule has 2 aromatic rings. The van der Waals surface area contributed by atoms with E-state index in [1.807, 2.05) is 0 Å². The third kappa shape index (κ3) is 3.98. The van der Waals surface area contributed by atoms with E-state index in [1.165, 1.54) is 7.11 Å². The molecule has 0 saturated carbocycles. The summed E-state index contributed by atoms with van der Waals surface area (Å²) in [5, 5.41) is 19.3. The van der Waals surface area contributed by atoms with E-state index >= 15 is 0 Å². The number of hydrogen-bond acceptors (Lipinski definition) is 5. The van der Waals surface area contributed by atoms with Gasteiger partial charge in [0.05, 0.1) is 26.5 Å². The number of aliphatic hydroxyl groups is 1. The second kappa shape index (κ2) is 7.46. The summed E-state index contributed by atoms with van der Waals surface area (Å²) < 4.78 is 10.4. The number of anilines is 1. The van der Waals surface area contributed by atoms with Crippen molar-refractivity contribution in [2.24, 2.45) is 0 Å². The first-order valence-corrected chi connectivity index (χ1v) is 6.83. The van der Waals surface area contributed by atoms with Gasteiger partial charge < -0.3 is 19.9 Å². The molecule has 0 fully saturated rings. The molecule has 1 aromatic heterocycles. The molecular weight excluding hydrogens is 286 g/mol. The number of ether oxygens (including phenoxy) is 2. The Hall–Kier alpha value is -2.54. The molecular formula is C15H19N3O4. The van der Waals surface area contributed by atoms with Gasteiger partial charge in [-0.3, -0.25) is 9.89 Å². The normalized spacial score (nSPS) is 11.8. The molecule has 0 aliphatic heterocycles. The second-order valence-corrected chi connectivity index (χ2v) is 4.68. The Labute approximate surface area is 128 Å². The SMILES string of the molecule is COc1ccc(C(O)CCC(=O)Nc2ccn[nH]2)c(OC)c1. The third-order valence-corrected chi connectivity index (χ3v) is 3.22. The Bertz CT molecular complexity index is 613. The van der Waals surface area contributed by atoms with Crippen molar-refractivity contribution in [1.82, 2.24) is 10.2 Å². The Kier molecular flexibility index (Phi) is 5.37. The number of aromatic amines is 1. The first-order valence-electron chi connectivity index (χ1n) is 6.83. The molecule has 2 rings (SSSR count). The molecule has 1 amide bonds. The molecule has 7 heteroatoms. The van der Waals surface area contributed by atoms with E-state index in [4.69, 9.17) is 9.47 Å². The maximum absolute atomic E-state index is 11.8. The fourth-order valence-corrected chi connectivity index (χ4v) is 2.06. The molecule has 3 N–H and O–H groups in total. The number of aliphatic hydroxyl groups excluding tert-OH is 1. The minimum Gasteiger partial charge on any atom is -0.497 e. The van der Waals surface area contributed by atoms with Gasteiger partial charge in [-0.15, -0.1) is 0 Å². The van der Waals surface area contributed by atoms with Gasteiger partial charge in [-0.25, -0.2) is 0 Å². The maximum Gasteiger partial charge on any atom is 0.225 e. The molecule has 1 atom stereocenters. The van der Waals surface area contributed by atoms with Gasteiger partial charge in [-0.05, 0) is 18.6 Å². The van der Waals surface area contributed by atoms with Crippen LogP contribution in [0.1, 0.15) is 24.5 Å². The highest BCUT2D eigenvalue weighted by molar-refractivity contribution is 5.89. The van der Waals surface area contributed by atoms with Crippen LogP contribution in [-0.4, -0.2) is 35.4 Å². The first-order chi connectivity index (χ1) is 10.6. The molecule has 1 aromatic carbocycles. The lowest BCUT2D eigenvalue weighted by atomic mass is 10.0. The van der Waals surface area contributed by atoms with Crippen LogP contribution >= 0.6 is 0 Å². The quantitative estimate of drug-likeness (QED) is 0.726. The Morgan fingerprint density at radius 3 is 2.82 bits per heavy atom. The lowest BCUT2D eigenvalue weighted by molar-refractivity contribution is -0.116. The highest BCUT2D eigenvalue weighted by atomic mass is 16.5. The van der Waals surface area contributed by atoms with E-state index in [2.05, 4.69) is 15.5 Å². The molecule has 22 heavy (non-hydrogen) atoms. The Morgan fingerprint density at radius 2 is 2.18 bits per heavy atom. The van der Waals surface area contributed by atoms with Crippen molar-refractivity contribution < 1.29 is 19.4 Å². The van der Waals surface area contributed by atoms with Crippen molar-refractivity contribution in [3.05, 3.63) is 36.0 Å². The zero-order valence-electron chi connectivity index (χ0n) is 12.5. The number of H-pyrrole nitrogens is 1. The van der Waals surface area contributed by atoms with Gasteiger partial charge in [-0.2, -0.15) is 5.10 Å². The van der Waals surface area contributed by atoms with Crippen molar-refractivity contribution in [2.75, 3.05) is 19.5 Å². The molecule has 118 valence electrons. The number of benzene rings is 1. The number of hydrogen-bond donors (Lipinski definition) is 3. The van der Waals surface area contributed by atoms with E-state index in [0.29, 0.717) is 22.9 Å². The number of nitrogens with one attached hydrogen (secondary N) is 2. The molecule has 0 aliphatic rings. The summed E-state index contributed by atoms with van der Waals surface area (Å²) in [6, 6.07) is 6.82. The second-order valence-electron chi connectivity index (χ2n) is 4.68. The van der Waals surface area contributed by atoms with Gasteiger partial charge >= 0.3 is 0 Å². The van der Waals surface area contributed by atoms with Crippen LogP contribution in [0.2, 0.25) is 0 Å². The highest BCUT2D eigenvalue weighted by Gasteiger charge is 2.16. The van der Waals surface area contributed by atoms with Crippen LogP contribution in [0.15, 0.2) is 30.5 Å². The van der Waals surface area contributed by atoms with Crippen molar-refractivity contribution >= 4 is 11.7 Å². The van der Waals surface area contributed by atoms with Gasteiger partial charge in [0.15, 0.2) is 0 Å². The predicted molar refractivity (Wildman–Crippen MR) is 81.0 cm³/mol. The number of amides is 1. The number of rotatable bonds is 7. The Morgan fingerprint density at radius 1 is 1.36 bits per heavy atom. The molecule has 0 aliphatic carbocycles. The zero-order chi connectivity index (χ0) is 15.9. The minimum atomic E-state index is -0.798. The number of carbonyl (C=O) groups excluding carboxylic acids is 1. The van der Waals surface area contributed by atoms with E-state index < -0.39 is 6.10 Å². The largest absolute Gasteiger partial charge is 0.497 e. The fraction of sp³-hybridized carbons (Fsp3) is 0.333. The average Bonchev–Trinajstić information content (AvgIpc) is 3.04. The number of methoxy groups -OCH3 is 2. The van der Waals surface area contributed by atoms with Crippen molar-refractivity contribution in [3.63, 3.8) is 0 Å². The van der Waals surface area contributed by atoms with Gasteiger partial charge in [0.1, 0.15) is 17.3 Å². The number of nitrogens with zero attached hydrogens (tertiary/aromatic N) is 1. The topological polar surface area (TPSA) is 96.5 Å². The van der Waals surface area contributed by atoms with Crippen molar-refractivity contribution in [3.8, 4) is 11.5 Å². The van der Waals surface area contributed by atoms with E-state index in [9.17, 15) is 9.90 Å². The van der Waals surface area contributed by atoms with Crippen LogP contribution in [0.5, 0.6) is 11.5 Å². The lowest BCUT2D eigenvalue weighted by Crippen LogP contribution is -2.13. The third-order valence-electron chi connectivity index (χ3n) is 3.22. The zero-order valence-corrected chi connectivity index (χ0v) is 12.5. The molecule has 1 unspecified atom stereocenters. The van der Waals surface area contributed by atoms with E-state index in [-0.39, 0.29) is 18.7 Å². The molecule has 7 nitrogen and oxygen atoms in total. The van der Waals surface area contributed by atoms with Crippen LogP contribution in [0, 0.1) is 0 Å². The maximum atomic E-state index is 11.8. The lowest BCUT2D eigenvalue weighted by Gasteiger charge is -2.15. The standard InChI is InChI=1S/C15H19N3O4/c1-21-10-3-4-11(13(9-10)22-2)12(19)5-6-15(20)17-14-7-8-16-18-14/h3-4,7-9,12,19H,5-6H2,1-2H3,(H2,16,17,18,20). The van der Waals surface area contributed by atoms with Gasteiger partial charge in [0.25, 0.3) is 0 Å². The summed E-state index contributed by atoms with van der Waals surface area (Å²) in [6.45, 7) is 0. The van der Waals surface area contributed by atoms with Crippen LogP contribution < -0.4 is 14.8 Å². The van der Waals surface area contributed by atoms with E-state index in [1.54, 1.807) is 37.6 Å². The van der Waals surface area contributed by atoms with Gasteiger partial charge in [0.2, 0.25) is 5.91 Å². The monoisotopic (exact) mass is 305 g/mol. The van der Waals surface area contributed by atoms with Gasteiger partial charge in [0, 0.05) is 24.1 Å². The average molecular weight is 305 g/mol. The predicted octanol–water partition coefficient (Wildman–Crippen LogP) is 1.88. The van der Waals surface area contributed by atoms with E-state index in [0.717, 1.165) is 0 Å². The Balaban J connectivity index is 1.94. The summed E-state index contributed by atoms with van der Waals surface area (Å²) in [5.41, 5.74) is 0.623. The van der Waals surface area contributed by atoms with Crippen molar-refractivity contribution in [1.29, 1.82) is 0 Å². The highest BCUT2D eigenvalue weighted by Crippen LogP contribution is 2.31. The molecule has 0 saturated heterocycles. The van der Waals surface area contributed by atoms with Crippen molar-refractivity contribution in [2.45, 2.75) is 18.9 Å². The minimum absolute atomic E-state index is 0.176. The molecule has 0 bridgehead atoms. The number of carbonyl (C=O) groups is 1. The number of aromatic nitrogens is 2. The summed E-state index contributed by atoms with van der Waals surface area (Å²) >= 11 is 0. The summed E-state index contributed by atoms with van der Waals surface area (Å²) in [6.07, 6.45) is 1.21. The van der Waals surface area contributed by atoms with Crippen LogP contribution in [-0.2, 0) is 4.79 Å². The fourth-order valence-electron chi connectivity index (χ4n) is 2.06. The van der Waals surface area contributed by atoms with Crippen LogP contribution in [0.3, 0.4) is 0 Å². The molecule has 0 radical (unpaired) electrons.